The average molecular weight is 570 g/mol. The van der Waals surface area contributed by atoms with Crippen molar-refractivity contribution in [1.29, 1.82) is 0 Å². The third-order valence-electron chi connectivity index (χ3n) is 6.74. The number of anilines is 1. The molecule has 1 aliphatic heterocycles. The largest absolute Gasteiger partial charge is 0.379 e. The lowest BCUT2D eigenvalue weighted by Crippen LogP contribution is -2.63. The summed E-state index contributed by atoms with van der Waals surface area (Å²) in [5, 5.41) is 2.80. The Morgan fingerprint density at radius 3 is 1.70 bits per heavy atom. The van der Waals surface area contributed by atoms with Crippen LogP contribution in [0.1, 0.15) is 44.5 Å². The van der Waals surface area contributed by atoms with Crippen LogP contribution < -0.4 is 4.90 Å². The van der Waals surface area contributed by atoms with Crippen molar-refractivity contribution in [3.05, 3.63) is 82.9 Å². The van der Waals surface area contributed by atoms with Gasteiger partial charge in [-0.05, 0) is 27.7 Å². The molecule has 1 saturated heterocycles. The van der Waals surface area contributed by atoms with Gasteiger partial charge in [0.2, 0.25) is 0 Å². The molecule has 0 spiro atoms. The molecule has 0 unspecified atom stereocenters. The van der Waals surface area contributed by atoms with Crippen molar-refractivity contribution < 1.29 is 23.7 Å². The van der Waals surface area contributed by atoms with Crippen molar-refractivity contribution in [1.82, 2.24) is 9.88 Å². The van der Waals surface area contributed by atoms with E-state index < -0.39 is 11.8 Å². The zero-order valence-corrected chi connectivity index (χ0v) is 25.0. The normalized spacial score (nSPS) is 14.9. The molecule has 0 radical (unpaired) electrons. The Hall–Kier alpha value is -2.37. The fraction of sp³-hybridized carbons (Fsp3) is 0.516. The van der Waals surface area contributed by atoms with Crippen LogP contribution in [0.2, 0.25) is 0 Å². The number of hydrogen-bond donors (Lipinski definition) is 0. The van der Waals surface area contributed by atoms with Crippen LogP contribution in [0.25, 0.3) is 0 Å². The van der Waals surface area contributed by atoms with Gasteiger partial charge in [0.1, 0.15) is 0 Å². The molecule has 0 saturated carbocycles. The summed E-state index contributed by atoms with van der Waals surface area (Å²) >= 11 is 1.54. The van der Waals surface area contributed by atoms with Crippen LogP contribution in [0.3, 0.4) is 0 Å². The quantitative estimate of drug-likeness (QED) is 0.207. The van der Waals surface area contributed by atoms with Gasteiger partial charge < -0.3 is 23.7 Å². The molecule has 8 nitrogen and oxygen atoms in total. The van der Waals surface area contributed by atoms with Crippen LogP contribution in [0.4, 0.5) is 5.13 Å². The van der Waals surface area contributed by atoms with Crippen LogP contribution in [0.5, 0.6) is 0 Å². The van der Waals surface area contributed by atoms with Gasteiger partial charge in [-0.25, -0.2) is 9.88 Å². The van der Waals surface area contributed by atoms with Gasteiger partial charge in [-0.2, -0.15) is 0 Å². The summed E-state index contributed by atoms with van der Waals surface area (Å²) in [7, 11) is 0. The van der Waals surface area contributed by atoms with Gasteiger partial charge in [0.15, 0.2) is 5.13 Å². The van der Waals surface area contributed by atoms with Gasteiger partial charge in [-0.3, -0.25) is 4.90 Å². The van der Waals surface area contributed by atoms with Crippen LogP contribution in [0, 0.1) is 0 Å². The molecule has 3 aromatic rings. The first kappa shape index (κ1) is 30.6. The van der Waals surface area contributed by atoms with Gasteiger partial charge in [-0.1, -0.05) is 60.7 Å². The molecular formula is C31H43N3O5S. The number of benzene rings is 2. The lowest BCUT2D eigenvalue weighted by molar-refractivity contribution is -0.323. The van der Waals surface area contributed by atoms with Crippen molar-refractivity contribution in [3.8, 4) is 0 Å². The van der Waals surface area contributed by atoms with Gasteiger partial charge in [0.05, 0.1) is 18.9 Å². The van der Waals surface area contributed by atoms with Crippen molar-refractivity contribution >= 4 is 16.5 Å². The highest BCUT2D eigenvalue weighted by Gasteiger charge is 2.56. The SMILES string of the molecule is CCOC(OCC)(c1ccccc1)N(c1nc(CCN2CCOCC2)cs1)C(OCC)(OCC)c1ccccc1. The molecule has 0 aliphatic carbocycles. The first-order chi connectivity index (χ1) is 19.6. The zero-order chi connectivity index (χ0) is 28.3. The fourth-order valence-corrected chi connectivity index (χ4v) is 6.00. The smallest absolute Gasteiger partial charge is 0.286 e. The average Bonchev–Trinajstić information content (AvgIpc) is 3.46. The summed E-state index contributed by atoms with van der Waals surface area (Å²) in [4.78, 5) is 9.56. The zero-order valence-electron chi connectivity index (χ0n) is 24.2. The number of hydrogen-bond acceptors (Lipinski definition) is 9. The van der Waals surface area contributed by atoms with Crippen LogP contribution in [-0.4, -0.2) is 69.2 Å². The number of nitrogens with zero attached hydrogens (tertiary/aromatic N) is 3. The molecule has 0 bridgehead atoms. The first-order valence-corrected chi connectivity index (χ1v) is 15.2. The van der Waals surface area contributed by atoms with E-state index in [0.717, 1.165) is 56.1 Å². The maximum atomic E-state index is 6.65. The molecular weight excluding hydrogens is 526 g/mol. The van der Waals surface area contributed by atoms with E-state index in [9.17, 15) is 0 Å². The molecule has 0 N–H and O–H groups in total. The molecule has 1 aromatic heterocycles. The second kappa shape index (κ2) is 15.0. The van der Waals surface area contributed by atoms with E-state index in [2.05, 4.69) is 10.3 Å². The maximum Gasteiger partial charge on any atom is 0.286 e. The lowest BCUT2D eigenvalue weighted by atomic mass is 10.1. The van der Waals surface area contributed by atoms with Crippen molar-refractivity contribution in [2.24, 2.45) is 0 Å². The molecule has 2 aromatic carbocycles. The van der Waals surface area contributed by atoms with Gasteiger partial charge in [0.25, 0.3) is 11.8 Å². The van der Waals surface area contributed by atoms with E-state index in [0.29, 0.717) is 31.6 Å². The van der Waals surface area contributed by atoms with Crippen LogP contribution in [0.15, 0.2) is 66.0 Å². The third kappa shape index (κ3) is 6.74. The topological polar surface area (TPSA) is 65.5 Å². The van der Waals surface area contributed by atoms with Crippen LogP contribution >= 0.6 is 11.3 Å². The Bertz CT molecular complexity index is 1050. The minimum absolute atomic E-state index is 0.393. The molecule has 218 valence electrons. The highest BCUT2D eigenvalue weighted by Crippen LogP contribution is 2.47. The molecule has 9 heteroatoms. The third-order valence-corrected chi connectivity index (χ3v) is 7.62. The number of aromatic nitrogens is 1. The molecule has 0 amide bonds. The van der Waals surface area contributed by atoms with E-state index in [-0.39, 0.29) is 0 Å². The number of thiazole rings is 1. The van der Waals surface area contributed by atoms with Gasteiger partial charge >= 0.3 is 0 Å². The second-order valence-corrected chi connectivity index (χ2v) is 10.1. The summed E-state index contributed by atoms with van der Waals surface area (Å²) in [5.74, 6) is -2.77. The molecule has 1 aliphatic rings. The highest BCUT2D eigenvalue weighted by molar-refractivity contribution is 7.13. The predicted molar refractivity (Wildman–Crippen MR) is 158 cm³/mol. The Labute approximate surface area is 242 Å². The van der Waals surface area contributed by atoms with E-state index in [1.165, 1.54) is 0 Å². The molecule has 0 atom stereocenters. The van der Waals surface area contributed by atoms with E-state index >= 15 is 0 Å². The Morgan fingerprint density at radius 2 is 1.25 bits per heavy atom. The Kier molecular flexibility index (Phi) is 11.5. The van der Waals surface area contributed by atoms with Crippen molar-refractivity contribution in [2.75, 3.05) is 64.2 Å². The standard InChI is InChI=1S/C31H43N3O5S/c1-5-36-30(37-6-2,26-15-11-9-12-16-26)34(31(38-7-3,39-8-4)27-17-13-10-14-18-27)29-32-28(25-40-29)19-20-33-21-23-35-24-22-33/h9-18,25H,5-8,19-24H2,1-4H3. The first-order valence-electron chi connectivity index (χ1n) is 14.3. The molecule has 2 heterocycles. The minimum Gasteiger partial charge on any atom is -0.379 e. The summed E-state index contributed by atoms with van der Waals surface area (Å²) in [6.45, 7) is 13.8. The number of rotatable bonds is 16. The molecule has 4 rings (SSSR count). The number of ether oxygens (including phenoxy) is 5. The Balaban J connectivity index is 1.89. The summed E-state index contributed by atoms with van der Waals surface area (Å²) in [6.07, 6.45) is 0.827. The minimum atomic E-state index is -1.38. The predicted octanol–water partition coefficient (Wildman–Crippen LogP) is 5.59. The summed E-state index contributed by atoms with van der Waals surface area (Å²) < 4.78 is 32.1. The molecule has 1 fully saturated rings. The van der Waals surface area contributed by atoms with Gasteiger partial charge in [-0.15, -0.1) is 11.3 Å². The highest BCUT2D eigenvalue weighted by atomic mass is 32.1. The van der Waals surface area contributed by atoms with E-state index in [4.69, 9.17) is 28.7 Å². The second-order valence-electron chi connectivity index (χ2n) is 9.29. The van der Waals surface area contributed by atoms with E-state index in [1.807, 2.05) is 93.3 Å². The monoisotopic (exact) mass is 569 g/mol. The summed E-state index contributed by atoms with van der Waals surface area (Å²) in [5.41, 5.74) is 2.65. The van der Waals surface area contributed by atoms with Crippen LogP contribution in [-0.2, 0) is 41.9 Å². The Morgan fingerprint density at radius 1 is 0.775 bits per heavy atom. The van der Waals surface area contributed by atoms with Crippen molar-refractivity contribution in [3.63, 3.8) is 0 Å². The van der Waals surface area contributed by atoms with Crippen molar-refractivity contribution in [2.45, 2.75) is 45.9 Å². The van der Waals surface area contributed by atoms with E-state index in [1.54, 1.807) is 11.3 Å². The lowest BCUT2D eigenvalue weighted by Gasteiger charge is -2.51. The maximum absolute atomic E-state index is 6.65. The fourth-order valence-electron chi connectivity index (χ4n) is 5.07. The number of morpholine rings is 1. The molecule has 40 heavy (non-hydrogen) atoms. The van der Waals surface area contributed by atoms with Gasteiger partial charge in [0, 0.05) is 69.0 Å². The summed E-state index contributed by atoms with van der Waals surface area (Å²) in [6, 6.07) is 20.0.